The smallest absolute Gasteiger partial charge is 0.364 e. The van der Waals surface area contributed by atoms with Crippen LogP contribution in [0.1, 0.15) is 6.42 Å². The molecular formula is C10H29NO3Si4. The largest absolute Gasteiger partial charge is 0.435 e. The van der Waals surface area contributed by atoms with E-state index in [0.717, 1.165) is 12.5 Å². The number of hydrogen-bond donors (Lipinski definition) is 1. The molecule has 0 atom stereocenters. The lowest BCUT2D eigenvalue weighted by molar-refractivity contribution is 0.391. The molecule has 0 unspecified atom stereocenters. The lowest BCUT2D eigenvalue weighted by Crippen LogP contribution is -2.60. The van der Waals surface area contributed by atoms with Gasteiger partial charge in [-0.3, -0.25) is 0 Å². The lowest BCUT2D eigenvalue weighted by Gasteiger charge is -2.38. The van der Waals surface area contributed by atoms with Crippen LogP contribution >= 0.6 is 0 Å². The predicted molar refractivity (Wildman–Crippen MR) is 85.4 cm³/mol. The second kappa shape index (κ2) is 6.82. The molecule has 108 valence electrons. The maximum atomic E-state index is 12.3. The molecule has 0 spiro atoms. The van der Waals surface area contributed by atoms with E-state index in [-0.39, 0.29) is 0 Å². The molecule has 0 saturated carbocycles. The van der Waals surface area contributed by atoms with Gasteiger partial charge in [-0.15, -0.1) is 0 Å². The minimum absolute atomic E-state index is 0.605. The van der Waals surface area contributed by atoms with E-state index in [4.69, 9.17) is 14.0 Å². The Balaban J connectivity index is 5.22. The molecule has 8 heteroatoms. The van der Waals surface area contributed by atoms with Crippen LogP contribution in [0.2, 0.25) is 51.9 Å². The minimum Gasteiger partial charge on any atom is -0.435 e. The zero-order valence-electron chi connectivity index (χ0n) is 12.9. The zero-order valence-corrected chi connectivity index (χ0v) is 16.9. The van der Waals surface area contributed by atoms with E-state index in [0.29, 0.717) is 6.54 Å². The topological polar surface area (TPSA) is 61.6 Å². The van der Waals surface area contributed by atoms with Gasteiger partial charge < -0.3 is 18.4 Å². The quantitative estimate of drug-likeness (QED) is 0.698. The van der Waals surface area contributed by atoms with Crippen LogP contribution in [0.5, 0.6) is 0 Å². The molecule has 0 aliphatic rings. The first-order chi connectivity index (χ1) is 7.92. The minimum atomic E-state index is -2.57. The van der Waals surface area contributed by atoms with Gasteiger partial charge in [-0.25, -0.2) is 0 Å². The molecule has 0 amide bonds. The van der Waals surface area contributed by atoms with Gasteiger partial charge in [0, 0.05) is 0 Å². The summed E-state index contributed by atoms with van der Waals surface area (Å²) in [6.07, 6.45) is 0.839. The van der Waals surface area contributed by atoms with Crippen molar-refractivity contribution in [3.8, 4) is 0 Å². The van der Waals surface area contributed by atoms with Gasteiger partial charge in [-0.1, -0.05) is 0 Å². The molecule has 4 nitrogen and oxygen atoms in total. The highest BCUT2D eigenvalue weighted by atomic mass is 29.2. The fourth-order valence-corrected chi connectivity index (χ4v) is 22.9. The van der Waals surface area contributed by atoms with E-state index in [1.54, 1.807) is 6.55 Å². The van der Waals surface area contributed by atoms with E-state index in [1.807, 2.05) is 0 Å². The van der Waals surface area contributed by atoms with Crippen LogP contribution in [0.25, 0.3) is 0 Å². The van der Waals surface area contributed by atoms with Gasteiger partial charge in [-0.2, -0.15) is 0 Å². The first-order valence-corrected chi connectivity index (χ1v) is 18.3. The molecule has 0 heterocycles. The van der Waals surface area contributed by atoms with E-state index in [1.165, 1.54) is 0 Å². The highest BCUT2D eigenvalue weighted by Gasteiger charge is 2.49. The fourth-order valence-electron chi connectivity index (χ4n) is 1.77. The zero-order chi connectivity index (χ0) is 14.6. The van der Waals surface area contributed by atoms with Crippen LogP contribution in [-0.4, -0.2) is 39.5 Å². The second-order valence-corrected chi connectivity index (χ2v) is 24.2. The molecule has 0 aliphatic heterocycles. The maximum Gasteiger partial charge on any atom is 0.364 e. The van der Waals surface area contributed by atoms with Crippen LogP contribution in [-0.2, 0) is 12.7 Å². The Morgan fingerprint density at radius 3 is 1.61 bits per heavy atom. The molecular weight excluding hydrogens is 294 g/mol. The van der Waals surface area contributed by atoms with Crippen LogP contribution in [0.3, 0.4) is 0 Å². The van der Waals surface area contributed by atoms with Gasteiger partial charge in [0.15, 0.2) is 16.6 Å². The summed E-state index contributed by atoms with van der Waals surface area (Å²) in [5, 5.41) is 0. The lowest BCUT2D eigenvalue weighted by atomic mass is 10.5. The Labute approximate surface area is 116 Å². The van der Waals surface area contributed by atoms with Crippen molar-refractivity contribution in [3.63, 3.8) is 0 Å². The van der Waals surface area contributed by atoms with Crippen LogP contribution < -0.4 is 5.73 Å². The summed E-state index contributed by atoms with van der Waals surface area (Å²) < 4.78 is 25.0. The highest BCUT2D eigenvalue weighted by molar-refractivity contribution is 7.24. The van der Waals surface area contributed by atoms with Crippen molar-refractivity contribution >= 4 is 32.9 Å². The Bertz CT molecular complexity index is 270. The molecule has 0 saturated heterocycles. The van der Waals surface area contributed by atoms with Gasteiger partial charge in [0.05, 0.1) is 0 Å². The Hall–Kier alpha value is 0.548. The summed E-state index contributed by atoms with van der Waals surface area (Å²) in [6.45, 7) is 15.2. The molecule has 2 N–H and O–H groups in total. The SMILES string of the molecule is C[Si](=O)[Si](CCCN)(O[Si](C)(C)C)O[Si](C)(C)C. The normalized spacial score (nSPS) is 13.8. The van der Waals surface area contributed by atoms with Crippen molar-refractivity contribution in [1.29, 1.82) is 0 Å². The van der Waals surface area contributed by atoms with Crippen molar-refractivity contribution in [3.05, 3.63) is 0 Å². The van der Waals surface area contributed by atoms with E-state index in [2.05, 4.69) is 39.3 Å². The van der Waals surface area contributed by atoms with Crippen molar-refractivity contribution in [1.82, 2.24) is 0 Å². The summed E-state index contributed by atoms with van der Waals surface area (Å²) in [5.74, 6) is 0. The Morgan fingerprint density at radius 1 is 1.00 bits per heavy atom. The maximum absolute atomic E-state index is 12.3. The average molecular weight is 324 g/mol. The standard InChI is InChI=1S/C10H29NO3Si4/c1-15(12)18(10-8-9-11,13-16(2,3)4)14-17(5,6)7/h8-11H2,1-7H3. The summed E-state index contributed by atoms with van der Waals surface area (Å²) >= 11 is 0. The molecule has 0 aromatic carbocycles. The second-order valence-electron chi connectivity index (χ2n) is 6.63. The van der Waals surface area contributed by atoms with E-state index in [9.17, 15) is 4.46 Å². The van der Waals surface area contributed by atoms with Gasteiger partial charge >= 0.3 is 16.3 Å². The first-order valence-electron chi connectivity index (χ1n) is 6.53. The summed E-state index contributed by atoms with van der Waals surface area (Å²) in [4.78, 5) is 0. The van der Waals surface area contributed by atoms with E-state index >= 15 is 0 Å². The number of hydrogen-bond acceptors (Lipinski definition) is 4. The third-order valence-electron chi connectivity index (χ3n) is 2.19. The van der Waals surface area contributed by atoms with Crippen molar-refractivity contribution < 1.29 is 12.7 Å². The average Bonchev–Trinajstić information content (AvgIpc) is 2.08. The van der Waals surface area contributed by atoms with Gasteiger partial charge in [0.25, 0.3) is 0 Å². The third kappa shape index (κ3) is 7.21. The van der Waals surface area contributed by atoms with Gasteiger partial charge in [0.2, 0.25) is 0 Å². The highest BCUT2D eigenvalue weighted by Crippen LogP contribution is 2.25. The molecule has 0 aliphatic carbocycles. The Kier molecular flexibility index (Phi) is 7.03. The third-order valence-corrected chi connectivity index (χ3v) is 17.6. The molecule has 0 rings (SSSR count). The summed E-state index contributed by atoms with van der Waals surface area (Å²) in [5.41, 5.74) is 5.61. The summed E-state index contributed by atoms with van der Waals surface area (Å²) in [6, 6.07) is 0.770. The van der Waals surface area contributed by atoms with Crippen LogP contribution in [0, 0.1) is 0 Å². The summed E-state index contributed by atoms with van der Waals surface area (Å²) in [7, 11) is -7.91. The number of nitrogens with two attached hydrogens (primary N) is 1. The Morgan fingerprint density at radius 2 is 1.39 bits per heavy atom. The van der Waals surface area contributed by atoms with Gasteiger partial charge in [-0.05, 0) is 64.8 Å². The molecule has 0 fully saturated rings. The monoisotopic (exact) mass is 323 g/mol. The van der Waals surface area contributed by atoms with Crippen LogP contribution in [0.4, 0.5) is 0 Å². The molecule has 0 aromatic heterocycles. The first kappa shape index (κ1) is 18.5. The predicted octanol–water partition coefficient (Wildman–Crippen LogP) is 2.61. The van der Waals surface area contributed by atoms with E-state index < -0.39 is 32.9 Å². The number of rotatable bonds is 8. The molecule has 0 bridgehead atoms. The van der Waals surface area contributed by atoms with Gasteiger partial charge in [0.1, 0.15) is 0 Å². The van der Waals surface area contributed by atoms with Crippen molar-refractivity contribution in [2.24, 2.45) is 5.73 Å². The van der Waals surface area contributed by atoms with Crippen molar-refractivity contribution in [2.45, 2.75) is 58.3 Å². The van der Waals surface area contributed by atoms with Crippen molar-refractivity contribution in [2.75, 3.05) is 6.54 Å². The fraction of sp³-hybridized carbons (Fsp3) is 1.00. The molecule has 0 aromatic rings. The molecule has 18 heavy (non-hydrogen) atoms. The van der Waals surface area contributed by atoms with Crippen LogP contribution in [0.15, 0.2) is 0 Å². The molecule has 0 radical (unpaired) electrons.